The summed E-state index contributed by atoms with van der Waals surface area (Å²) in [5.41, 5.74) is 9.56. The summed E-state index contributed by atoms with van der Waals surface area (Å²) < 4.78 is 4.82. The summed E-state index contributed by atoms with van der Waals surface area (Å²) in [4.78, 5) is 16.5. The summed E-state index contributed by atoms with van der Waals surface area (Å²) in [5.74, 6) is 1.84. The van der Waals surface area contributed by atoms with Crippen LogP contribution in [0.15, 0.2) is 200 Å². The van der Waals surface area contributed by atoms with Crippen LogP contribution in [0.1, 0.15) is 39.4 Å². The van der Waals surface area contributed by atoms with E-state index in [0.29, 0.717) is 17.5 Å². The number of hydrogen-bond donors (Lipinski definition) is 0. The van der Waals surface area contributed by atoms with Gasteiger partial charge >= 0.3 is 0 Å². The molecule has 0 saturated heterocycles. The first-order chi connectivity index (χ1) is 31.6. The van der Waals surface area contributed by atoms with Crippen LogP contribution in [0, 0.1) is 5.92 Å². The lowest BCUT2D eigenvalue weighted by Gasteiger charge is -2.20. The molecule has 1 unspecified atom stereocenters. The van der Waals surface area contributed by atoms with E-state index in [0.717, 1.165) is 73.8 Å². The molecule has 5 heteroatoms. The van der Waals surface area contributed by atoms with Gasteiger partial charge < -0.3 is 9.13 Å². The van der Waals surface area contributed by atoms with E-state index in [1.165, 1.54) is 32.3 Å². The SMILES string of the molecule is CC/C=C\C(=C(\c1nc(-c2ccccc2)nc(-c2cccc3c2c2ccccc2n3-c2ccccc2)n1)C(C)/C=C\CC)n1c2cc3ccccc3cc2c2c3ccccc3ccc21. The van der Waals surface area contributed by atoms with Crippen LogP contribution in [0.4, 0.5) is 0 Å². The third-order valence-corrected chi connectivity index (χ3v) is 12.5. The highest BCUT2D eigenvalue weighted by molar-refractivity contribution is 6.24. The second-order valence-corrected chi connectivity index (χ2v) is 16.5. The maximum absolute atomic E-state index is 5.63. The van der Waals surface area contributed by atoms with Crippen molar-refractivity contribution in [2.75, 3.05) is 0 Å². The van der Waals surface area contributed by atoms with Crippen LogP contribution in [0.2, 0.25) is 0 Å². The fraction of sp³-hybridized carbons (Fsp3) is 0.102. The van der Waals surface area contributed by atoms with Gasteiger partial charge in [-0.15, -0.1) is 0 Å². The smallest absolute Gasteiger partial charge is 0.164 e. The molecule has 1 atom stereocenters. The normalized spacial score (nSPS) is 13.1. The predicted molar refractivity (Wildman–Crippen MR) is 271 cm³/mol. The summed E-state index contributed by atoms with van der Waals surface area (Å²) in [5, 5.41) is 9.56. The van der Waals surface area contributed by atoms with Gasteiger partial charge in [0, 0.05) is 49.9 Å². The third-order valence-electron chi connectivity index (χ3n) is 12.5. The molecule has 3 heterocycles. The van der Waals surface area contributed by atoms with E-state index in [9.17, 15) is 0 Å². The third kappa shape index (κ3) is 6.60. The van der Waals surface area contributed by atoms with Crippen LogP contribution >= 0.6 is 0 Å². The zero-order valence-electron chi connectivity index (χ0n) is 36.3. The van der Waals surface area contributed by atoms with Gasteiger partial charge in [0.25, 0.3) is 0 Å². The number of allylic oxidation sites excluding steroid dienone is 6. The average molecular weight is 826 g/mol. The highest BCUT2D eigenvalue weighted by Gasteiger charge is 2.26. The Balaban J connectivity index is 1.28. The van der Waals surface area contributed by atoms with Crippen molar-refractivity contribution in [3.8, 4) is 28.5 Å². The summed E-state index contributed by atoms with van der Waals surface area (Å²) in [7, 11) is 0. The fourth-order valence-corrected chi connectivity index (χ4v) is 9.63. The number of rotatable bonds is 10. The standard InChI is InChI=1S/C59H47N5/c1-4-6-21-39(3)54(50(32-7-5-2)64-52-36-35-40-22-16-17-29-45(40)55(52)48-37-42-25-14-15-26-43(42)38-53(48)64)59-61-57(41-23-10-8-11-24-41)60-58(62-59)47-31-20-34-51-56(47)46-30-18-19-33-49(46)63(51)44-27-12-9-13-28-44/h6-39H,4-5H2,1-3H3/b21-6-,32-7-,54-50-. The quantitative estimate of drug-likeness (QED) is 0.102. The van der Waals surface area contributed by atoms with Crippen molar-refractivity contribution in [3.63, 3.8) is 0 Å². The predicted octanol–water partition coefficient (Wildman–Crippen LogP) is 15.7. The second-order valence-electron chi connectivity index (χ2n) is 16.5. The van der Waals surface area contributed by atoms with Gasteiger partial charge in [-0.25, -0.2) is 15.0 Å². The molecule has 0 bridgehead atoms. The van der Waals surface area contributed by atoms with Gasteiger partial charge in [-0.2, -0.15) is 0 Å². The molecule has 0 fully saturated rings. The maximum Gasteiger partial charge on any atom is 0.164 e. The van der Waals surface area contributed by atoms with Gasteiger partial charge in [0.2, 0.25) is 0 Å². The molecule has 8 aromatic carbocycles. The Labute approximate surface area is 373 Å². The van der Waals surface area contributed by atoms with Gasteiger partial charge in [-0.1, -0.05) is 172 Å². The lowest BCUT2D eigenvalue weighted by Crippen LogP contribution is -2.10. The van der Waals surface area contributed by atoms with E-state index in [4.69, 9.17) is 15.0 Å². The maximum atomic E-state index is 5.63. The Morgan fingerprint density at radius 1 is 0.516 bits per heavy atom. The van der Waals surface area contributed by atoms with Crippen molar-refractivity contribution in [1.29, 1.82) is 0 Å². The Kier molecular flexibility index (Phi) is 10.0. The Hall–Kier alpha value is -7.89. The molecule has 0 radical (unpaired) electrons. The van der Waals surface area contributed by atoms with E-state index < -0.39 is 0 Å². The zero-order valence-corrected chi connectivity index (χ0v) is 36.3. The molecule has 308 valence electrons. The van der Waals surface area contributed by atoms with E-state index >= 15 is 0 Å². The molecular formula is C59H47N5. The molecule has 3 aromatic heterocycles. The minimum Gasteiger partial charge on any atom is -0.309 e. The van der Waals surface area contributed by atoms with Gasteiger partial charge in [0.15, 0.2) is 17.5 Å². The van der Waals surface area contributed by atoms with Crippen LogP contribution in [-0.4, -0.2) is 24.1 Å². The molecule has 0 saturated carbocycles. The van der Waals surface area contributed by atoms with E-state index in [-0.39, 0.29) is 5.92 Å². The van der Waals surface area contributed by atoms with Gasteiger partial charge in [0.05, 0.1) is 27.8 Å². The Morgan fingerprint density at radius 2 is 1.17 bits per heavy atom. The number of benzene rings is 8. The van der Waals surface area contributed by atoms with Gasteiger partial charge in [-0.05, 0) is 82.9 Å². The minimum atomic E-state index is -0.0699. The monoisotopic (exact) mass is 825 g/mol. The molecule has 0 N–H and O–H groups in total. The lowest BCUT2D eigenvalue weighted by molar-refractivity contribution is 0.909. The molecule has 0 spiro atoms. The van der Waals surface area contributed by atoms with Crippen LogP contribution < -0.4 is 0 Å². The van der Waals surface area contributed by atoms with Gasteiger partial charge in [-0.3, -0.25) is 0 Å². The number of aromatic nitrogens is 5. The number of nitrogens with zero attached hydrogens (tertiary/aromatic N) is 5. The van der Waals surface area contributed by atoms with Crippen molar-refractivity contribution < 1.29 is 0 Å². The lowest BCUT2D eigenvalue weighted by atomic mass is 9.95. The molecule has 11 aromatic rings. The number of hydrogen-bond acceptors (Lipinski definition) is 3. The van der Waals surface area contributed by atoms with E-state index in [1.54, 1.807) is 0 Å². The Morgan fingerprint density at radius 3 is 1.95 bits per heavy atom. The van der Waals surface area contributed by atoms with Crippen LogP contribution in [0.3, 0.4) is 0 Å². The highest BCUT2D eigenvalue weighted by atomic mass is 15.1. The van der Waals surface area contributed by atoms with E-state index in [2.05, 4.69) is 224 Å². The summed E-state index contributed by atoms with van der Waals surface area (Å²) in [6, 6.07) is 62.8. The number of fused-ring (bicyclic) bond motifs is 9. The van der Waals surface area contributed by atoms with Crippen molar-refractivity contribution in [3.05, 3.63) is 206 Å². The van der Waals surface area contributed by atoms with E-state index in [1.807, 2.05) is 6.07 Å². The highest BCUT2D eigenvalue weighted by Crippen LogP contribution is 2.43. The topological polar surface area (TPSA) is 48.5 Å². The second kappa shape index (κ2) is 16.4. The Bertz CT molecular complexity index is 3640. The fourth-order valence-electron chi connectivity index (χ4n) is 9.63. The first kappa shape index (κ1) is 39.0. The van der Waals surface area contributed by atoms with Crippen molar-refractivity contribution in [2.45, 2.75) is 33.6 Å². The van der Waals surface area contributed by atoms with Crippen LogP contribution in [0.5, 0.6) is 0 Å². The summed E-state index contributed by atoms with van der Waals surface area (Å²) >= 11 is 0. The largest absolute Gasteiger partial charge is 0.309 e. The number of para-hydroxylation sites is 2. The van der Waals surface area contributed by atoms with Crippen LogP contribution in [-0.2, 0) is 0 Å². The first-order valence-corrected chi connectivity index (χ1v) is 22.4. The van der Waals surface area contributed by atoms with Crippen molar-refractivity contribution in [1.82, 2.24) is 24.1 Å². The molecule has 11 rings (SSSR count). The van der Waals surface area contributed by atoms with Gasteiger partial charge in [0.1, 0.15) is 0 Å². The summed E-state index contributed by atoms with van der Waals surface area (Å²) in [6.07, 6.45) is 10.9. The molecule has 64 heavy (non-hydrogen) atoms. The average Bonchev–Trinajstić information content (AvgIpc) is 3.86. The molecule has 5 nitrogen and oxygen atoms in total. The van der Waals surface area contributed by atoms with Crippen LogP contribution in [0.25, 0.3) is 105 Å². The molecule has 0 aliphatic heterocycles. The molecular weight excluding hydrogens is 779 g/mol. The first-order valence-electron chi connectivity index (χ1n) is 22.4. The molecule has 0 amide bonds. The molecule has 0 aliphatic rings. The zero-order chi connectivity index (χ0) is 43.1. The van der Waals surface area contributed by atoms with Crippen molar-refractivity contribution in [2.24, 2.45) is 5.92 Å². The van der Waals surface area contributed by atoms with Crippen molar-refractivity contribution >= 4 is 76.4 Å². The summed E-state index contributed by atoms with van der Waals surface area (Å²) in [6.45, 7) is 6.66. The molecule has 0 aliphatic carbocycles. The minimum absolute atomic E-state index is 0.0699.